The minimum atomic E-state index is 0.00168. The fraction of sp³-hybridized carbons (Fsp3) is 0.182. The van der Waals surface area contributed by atoms with Gasteiger partial charge in [-0.25, -0.2) is 15.0 Å². The van der Waals surface area contributed by atoms with E-state index < -0.39 is 0 Å². The summed E-state index contributed by atoms with van der Waals surface area (Å²) < 4.78 is 2.49. The molecule has 4 nitrogen and oxygen atoms in total. The van der Waals surface area contributed by atoms with Gasteiger partial charge < -0.3 is 4.57 Å². The standard InChI is InChI=1S/C55H44N4/c1-5-14-39(15-6-1)43-24-26-49-47(31-43)48-32-44(40-16-7-2-8-17-40)25-27-50(48)59(49)51-45(41-18-9-3-10-19-41)22-13-23-46(51)53-56-52(42-20-11-4-12-21-42)57-54(58-53)55-33-36-28-37(34-55)30-38(29-36)35-55/h1-27,31-32,36-38H,28-30,33-35H2. The maximum Gasteiger partial charge on any atom is 0.165 e. The van der Waals surface area contributed by atoms with Gasteiger partial charge in [0.15, 0.2) is 11.6 Å². The summed E-state index contributed by atoms with van der Waals surface area (Å²) in [7, 11) is 0. The van der Waals surface area contributed by atoms with Crippen LogP contribution in [0.4, 0.5) is 0 Å². The smallest absolute Gasteiger partial charge is 0.165 e. The summed E-state index contributed by atoms with van der Waals surface area (Å²) in [6, 6.07) is 63.4. The number of fused-ring (bicyclic) bond motifs is 3. The largest absolute Gasteiger partial charge is 0.308 e. The highest BCUT2D eigenvalue weighted by Gasteiger charge is 2.53. The van der Waals surface area contributed by atoms with Gasteiger partial charge in [0.25, 0.3) is 0 Å². The van der Waals surface area contributed by atoms with Crippen molar-refractivity contribution in [2.24, 2.45) is 17.8 Å². The van der Waals surface area contributed by atoms with Gasteiger partial charge in [0.1, 0.15) is 5.82 Å². The lowest BCUT2D eigenvalue weighted by Crippen LogP contribution is -2.49. The van der Waals surface area contributed by atoms with Gasteiger partial charge in [-0.2, -0.15) is 0 Å². The Morgan fingerprint density at radius 1 is 0.390 bits per heavy atom. The lowest BCUT2D eigenvalue weighted by Gasteiger charge is -2.56. The Labute approximate surface area is 345 Å². The Hall–Kier alpha value is -6.65. The van der Waals surface area contributed by atoms with E-state index in [4.69, 9.17) is 15.0 Å². The number of nitrogens with zero attached hydrogens (tertiary/aromatic N) is 4. The van der Waals surface area contributed by atoms with Gasteiger partial charge in [-0.1, -0.05) is 146 Å². The van der Waals surface area contributed by atoms with Crippen molar-refractivity contribution in [3.05, 3.63) is 182 Å². The zero-order valence-corrected chi connectivity index (χ0v) is 33.0. The van der Waals surface area contributed by atoms with E-state index in [-0.39, 0.29) is 5.41 Å². The minimum absolute atomic E-state index is 0.00168. The average molecular weight is 761 g/mol. The molecule has 4 saturated carbocycles. The molecule has 59 heavy (non-hydrogen) atoms. The molecule has 0 aliphatic heterocycles. The SMILES string of the molecule is c1ccc(-c2ccc3c(c2)c2cc(-c4ccccc4)ccc2n3-c2c(-c3ccccc3)cccc2-c2nc(-c3ccccc3)nc(C34CC5CC(CC(C5)C3)C4)n2)cc1. The van der Waals surface area contributed by atoms with Crippen LogP contribution < -0.4 is 0 Å². The molecular weight excluding hydrogens is 717 g/mol. The zero-order chi connectivity index (χ0) is 38.9. The van der Waals surface area contributed by atoms with Gasteiger partial charge in [0, 0.05) is 32.9 Å². The van der Waals surface area contributed by atoms with Crippen LogP contribution in [-0.4, -0.2) is 19.5 Å². The van der Waals surface area contributed by atoms with Gasteiger partial charge >= 0.3 is 0 Å². The second-order valence-electron chi connectivity index (χ2n) is 17.5. The average Bonchev–Trinajstić information content (AvgIpc) is 3.62. The summed E-state index contributed by atoms with van der Waals surface area (Å²) in [6.07, 6.45) is 7.68. The normalized spacial score (nSPS) is 20.7. The summed E-state index contributed by atoms with van der Waals surface area (Å²) in [5.41, 5.74) is 12.5. The molecule has 0 amide bonds. The molecule has 4 aliphatic carbocycles. The van der Waals surface area contributed by atoms with Crippen molar-refractivity contribution in [2.45, 2.75) is 43.9 Å². The number of hydrogen-bond acceptors (Lipinski definition) is 3. The predicted octanol–water partition coefficient (Wildman–Crippen LogP) is 13.8. The van der Waals surface area contributed by atoms with Crippen LogP contribution in [0.5, 0.6) is 0 Å². The minimum Gasteiger partial charge on any atom is -0.308 e. The highest BCUT2D eigenvalue weighted by Crippen LogP contribution is 2.60. The van der Waals surface area contributed by atoms with Crippen LogP contribution in [0.1, 0.15) is 44.3 Å². The zero-order valence-electron chi connectivity index (χ0n) is 33.0. The van der Waals surface area contributed by atoms with Gasteiger partial charge in [0.05, 0.1) is 16.7 Å². The van der Waals surface area contributed by atoms with E-state index in [1.54, 1.807) is 0 Å². The molecule has 0 radical (unpaired) electrons. The molecule has 4 heteroatoms. The van der Waals surface area contributed by atoms with Crippen LogP contribution in [0.25, 0.3) is 83.6 Å². The highest BCUT2D eigenvalue weighted by molar-refractivity contribution is 6.12. The topological polar surface area (TPSA) is 43.6 Å². The molecular formula is C55H44N4. The Morgan fingerprint density at radius 2 is 0.847 bits per heavy atom. The quantitative estimate of drug-likeness (QED) is 0.162. The van der Waals surface area contributed by atoms with Crippen LogP contribution >= 0.6 is 0 Å². The third kappa shape index (κ3) is 5.84. The van der Waals surface area contributed by atoms with Crippen LogP contribution in [0.15, 0.2) is 176 Å². The van der Waals surface area contributed by atoms with Crippen LogP contribution in [0.2, 0.25) is 0 Å². The number of hydrogen-bond donors (Lipinski definition) is 0. The maximum absolute atomic E-state index is 5.66. The fourth-order valence-corrected chi connectivity index (χ4v) is 11.5. The van der Waals surface area contributed by atoms with E-state index in [1.807, 2.05) is 0 Å². The molecule has 0 spiro atoms. The van der Waals surface area contributed by atoms with Crippen LogP contribution in [0.3, 0.4) is 0 Å². The van der Waals surface area contributed by atoms with E-state index in [0.29, 0.717) is 0 Å². The van der Waals surface area contributed by atoms with E-state index in [9.17, 15) is 0 Å². The molecule has 4 aliphatic rings. The van der Waals surface area contributed by atoms with Crippen molar-refractivity contribution in [1.82, 2.24) is 19.5 Å². The van der Waals surface area contributed by atoms with E-state index >= 15 is 0 Å². The van der Waals surface area contributed by atoms with Crippen molar-refractivity contribution in [2.75, 3.05) is 0 Å². The monoisotopic (exact) mass is 760 g/mol. The molecule has 2 aromatic heterocycles. The van der Waals surface area contributed by atoms with Crippen molar-refractivity contribution in [3.8, 4) is 61.8 Å². The first-order valence-corrected chi connectivity index (χ1v) is 21.4. The van der Waals surface area contributed by atoms with Gasteiger partial charge in [-0.15, -0.1) is 0 Å². The summed E-state index contributed by atoms with van der Waals surface area (Å²) in [5.74, 6) is 4.83. The maximum atomic E-state index is 5.66. The van der Waals surface area contributed by atoms with Crippen molar-refractivity contribution in [3.63, 3.8) is 0 Å². The molecule has 4 fully saturated rings. The number of aromatic nitrogens is 4. The third-order valence-electron chi connectivity index (χ3n) is 13.7. The molecule has 7 aromatic carbocycles. The molecule has 13 rings (SSSR count). The van der Waals surface area contributed by atoms with Gasteiger partial charge in [-0.3, -0.25) is 0 Å². The number of benzene rings is 7. The number of para-hydroxylation sites is 1. The molecule has 9 aromatic rings. The molecule has 0 saturated heterocycles. The molecule has 4 bridgehead atoms. The second-order valence-corrected chi connectivity index (χ2v) is 17.5. The molecule has 2 heterocycles. The van der Waals surface area contributed by atoms with Gasteiger partial charge in [0.2, 0.25) is 0 Å². The fourth-order valence-electron chi connectivity index (χ4n) is 11.5. The first-order valence-electron chi connectivity index (χ1n) is 21.4. The Kier molecular flexibility index (Phi) is 8.01. The Balaban J connectivity index is 1.15. The molecule has 0 unspecified atom stereocenters. The summed E-state index contributed by atoms with van der Waals surface area (Å²) in [5, 5.41) is 2.42. The second kappa shape index (κ2) is 13.7. The van der Waals surface area contributed by atoms with Crippen molar-refractivity contribution in [1.29, 1.82) is 0 Å². The van der Waals surface area contributed by atoms with E-state index in [2.05, 4.69) is 180 Å². The first kappa shape index (κ1) is 34.4. The van der Waals surface area contributed by atoms with E-state index in [0.717, 1.165) is 74.2 Å². The summed E-state index contributed by atoms with van der Waals surface area (Å²) >= 11 is 0. The summed E-state index contributed by atoms with van der Waals surface area (Å²) in [6.45, 7) is 0. The van der Waals surface area contributed by atoms with Crippen molar-refractivity contribution >= 4 is 21.8 Å². The first-order chi connectivity index (χ1) is 29.2. The van der Waals surface area contributed by atoms with Crippen LogP contribution in [-0.2, 0) is 5.41 Å². The Morgan fingerprint density at radius 3 is 1.37 bits per heavy atom. The third-order valence-corrected chi connectivity index (χ3v) is 13.7. The summed E-state index contributed by atoms with van der Waals surface area (Å²) in [4.78, 5) is 16.5. The van der Waals surface area contributed by atoms with E-state index in [1.165, 1.54) is 71.6 Å². The lowest BCUT2D eigenvalue weighted by molar-refractivity contribution is -0.00938. The molecule has 0 atom stereocenters. The number of rotatable bonds is 7. The molecule has 284 valence electrons. The van der Waals surface area contributed by atoms with Crippen molar-refractivity contribution < 1.29 is 0 Å². The highest BCUT2D eigenvalue weighted by atomic mass is 15.1. The van der Waals surface area contributed by atoms with Crippen LogP contribution in [0, 0.1) is 17.8 Å². The predicted molar refractivity (Wildman–Crippen MR) is 241 cm³/mol. The lowest BCUT2D eigenvalue weighted by atomic mass is 9.49. The Bertz CT molecular complexity index is 2870. The van der Waals surface area contributed by atoms with Gasteiger partial charge in [-0.05, 0) is 114 Å². The molecule has 0 N–H and O–H groups in total.